The standard InChI is InChI=1S/C14H25N3O3/c1-16-8-9-17(14(16)19)11-13(18)15-7-4-10-20-12-5-2-3-6-12/h12H,2-11H2,1H3,(H,15,18). The van der Waals surface area contributed by atoms with Gasteiger partial charge in [-0.25, -0.2) is 4.79 Å². The molecule has 0 aromatic rings. The van der Waals surface area contributed by atoms with Gasteiger partial charge in [0.2, 0.25) is 5.91 Å². The van der Waals surface area contributed by atoms with Crippen molar-refractivity contribution in [2.75, 3.05) is 39.8 Å². The Morgan fingerprint density at radius 1 is 1.35 bits per heavy atom. The highest BCUT2D eigenvalue weighted by Gasteiger charge is 2.26. The highest BCUT2D eigenvalue weighted by Crippen LogP contribution is 2.20. The molecule has 2 rings (SSSR count). The lowest BCUT2D eigenvalue weighted by Gasteiger charge is -2.15. The molecule has 1 saturated heterocycles. The summed E-state index contributed by atoms with van der Waals surface area (Å²) in [6.45, 7) is 2.81. The van der Waals surface area contributed by atoms with Gasteiger partial charge in [0.15, 0.2) is 0 Å². The molecule has 1 saturated carbocycles. The lowest BCUT2D eigenvalue weighted by molar-refractivity contribution is -0.121. The first-order chi connectivity index (χ1) is 9.66. The number of amides is 3. The number of carbonyl (C=O) groups is 2. The second kappa shape index (κ2) is 7.47. The van der Waals surface area contributed by atoms with Crippen molar-refractivity contribution in [2.45, 2.75) is 38.2 Å². The summed E-state index contributed by atoms with van der Waals surface area (Å²) in [7, 11) is 1.75. The topological polar surface area (TPSA) is 61.9 Å². The van der Waals surface area contributed by atoms with Crippen molar-refractivity contribution < 1.29 is 14.3 Å². The van der Waals surface area contributed by atoms with E-state index in [4.69, 9.17) is 4.74 Å². The van der Waals surface area contributed by atoms with E-state index in [2.05, 4.69) is 5.32 Å². The van der Waals surface area contributed by atoms with Crippen molar-refractivity contribution in [1.29, 1.82) is 0 Å². The third-order valence-corrected chi connectivity index (χ3v) is 3.94. The van der Waals surface area contributed by atoms with Crippen LogP contribution in [0.4, 0.5) is 4.79 Å². The van der Waals surface area contributed by atoms with E-state index in [1.165, 1.54) is 25.7 Å². The molecule has 6 heteroatoms. The number of carbonyl (C=O) groups excluding carboxylic acids is 2. The molecule has 2 fully saturated rings. The van der Waals surface area contributed by atoms with Crippen LogP contribution < -0.4 is 5.32 Å². The normalized spacial score (nSPS) is 19.9. The van der Waals surface area contributed by atoms with Crippen LogP contribution >= 0.6 is 0 Å². The van der Waals surface area contributed by atoms with Gasteiger partial charge in [0.05, 0.1) is 6.10 Å². The summed E-state index contributed by atoms with van der Waals surface area (Å²) in [6, 6.07) is -0.0651. The van der Waals surface area contributed by atoms with Crippen LogP contribution in [0.25, 0.3) is 0 Å². The summed E-state index contributed by atoms with van der Waals surface area (Å²) in [6.07, 6.45) is 6.17. The maximum absolute atomic E-state index is 11.7. The molecule has 0 atom stereocenters. The second-order valence-electron chi connectivity index (χ2n) is 5.61. The molecule has 0 unspecified atom stereocenters. The largest absolute Gasteiger partial charge is 0.378 e. The van der Waals surface area contributed by atoms with E-state index in [1.807, 2.05) is 0 Å². The van der Waals surface area contributed by atoms with Crippen molar-refractivity contribution in [1.82, 2.24) is 15.1 Å². The van der Waals surface area contributed by atoms with Gasteiger partial charge in [-0.15, -0.1) is 0 Å². The average molecular weight is 283 g/mol. The molecule has 0 spiro atoms. The Balaban J connectivity index is 1.51. The maximum atomic E-state index is 11.7. The van der Waals surface area contributed by atoms with E-state index in [0.717, 1.165) is 6.42 Å². The maximum Gasteiger partial charge on any atom is 0.320 e. The lowest BCUT2D eigenvalue weighted by atomic mass is 10.3. The van der Waals surface area contributed by atoms with Gasteiger partial charge in [-0.3, -0.25) is 4.79 Å². The molecule has 0 aromatic carbocycles. The number of nitrogens with zero attached hydrogens (tertiary/aromatic N) is 2. The number of nitrogens with one attached hydrogen (secondary N) is 1. The molecule has 1 aliphatic carbocycles. The van der Waals surface area contributed by atoms with E-state index in [-0.39, 0.29) is 18.5 Å². The van der Waals surface area contributed by atoms with Crippen LogP contribution in [0.3, 0.4) is 0 Å². The zero-order valence-electron chi connectivity index (χ0n) is 12.3. The van der Waals surface area contributed by atoms with Gasteiger partial charge in [0.25, 0.3) is 0 Å². The fourth-order valence-electron chi connectivity index (χ4n) is 2.68. The number of hydrogen-bond acceptors (Lipinski definition) is 3. The van der Waals surface area contributed by atoms with Crippen molar-refractivity contribution in [3.05, 3.63) is 0 Å². The van der Waals surface area contributed by atoms with Crippen molar-refractivity contribution in [3.8, 4) is 0 Å². The lowest BCUT2D eigenvalue weighted by Crippen LogP contribution is -2.39. The Morgan fingerprint density at radius 3 is 2.75 bits per heavy atom. The van der Waals surface area contributed by atoms with Crippen LogP contribution in [0.1, 0.15) is 32.1 Å². The summed E-state index contributed by atoms with van der Waals surface area (Å²) >= 11 is 0. The number of urea groups is 1. The Hall–Kier alpha value is -1.30. The Kier molecular flexibility index (Phi) is 5.64. The Bertz CT molecular complexity index is 343. The molecule has 1 N–H and O–H groups in total. The fraction of sp³-hybridized carbons (Fsp3) is 0.857. The molecule has 2 aliphatic rings. The molecule has 0 radical (unpaired) electrons. The quantitative estimate of drug-likeness (QED) is 0.704. The van der Waals surface area contributed by atoms with Crippen LogP contribution in [0.15, 0.2) is 0 Å². The fourth-order valence-corrected chi connectivity index (χ4v) is 2.68. The molecule has 1 heterocycles. The Morgan fingerprint density at radius 2 is 2.10 bits per heavy atom. The van der Waals surface area contributed by atoms with Crippen molar-refractivity contribution in [2.24, 2.45) is 0 Å². The van der Waals surface area contributed by atoms with Crippen LogP contribution in [-0.4, -0.2) is 67.7 Å². The molecule has 1 aliphatic heterocycles. The van der Waals surface area contributed by atoms with Gasteiger partial charge in [-0.1, -0.05) is 12.8 Å². The predicted octanol–water partition coefficient (Wildman–Crippen LogP) is 0.819. The highest BCUT2D eigenvalue weighted by atomic mass is 16.5. The summed E-state index contributed by atoms with van der Waals surface area (Å²) < 4.78 is 5.73. The van der Waals surface area contributed by atoms with E-state index in [0.29, 0.717) is 32.3 Å². The minimum atomic E-state index is -0.0884. The molecule has 3 amide bonds. The predicted molar refractivity (Wildman–Crippen MR) is 75.4 cm³/mol. The zero-order chi connectivity index (χ0) is 14.4. The molecule has 6 nitrogen and oxygen atoms in total. The minimum Gasteiger partial charge on any atom is -0.378 e. The van der Waals surface area contributed by atoms with Crippen LogP contribution in [0, 0.1) is 0 Å². The molecule has 114 valence electrons. The van der Waals surface area contributed by atoms with Gasteiger partial charge in [0.1, 0.15) is 6.54 Å². The van der Waals surface area contributed by atoms with Crippen LogP contribution in [-0.2, 0) is 9.53 Å². The van der Waals surface area contributed by atoms with E-state index < -0.39 is 0 Å². The second-order valence-corrected chi connectivity index (χ2v) is 5.61. The van der Waals surface area contributed by atoms with Crippen LogP contribution in [0.5, 0.6) is 0 Å². The molecule has 0 bridgehead atoms. The summed E-state index contributed by atoms with van der Waals surface area (Å²) in [5.41, 5.74) is 0. The van der Waals surface area contributed by atoms with E-state index in [1.54, 1.807) is 16.8 Å². The summed E-state index contributed by atoms with van der Waals surface area (Å²) in [4.78, 5) is 26.5. The third kappa shape index (κ3) is 4.37. The average Bonchev–Trinajstić information content (AvgIpc) is 3.04. The monoisotopic (exact) mass is 283 g/mol. The smallest absolute Gasteiger partial charge is 0.320 e. The van der Waals surface area contributed by atoms with Gasteiger partial charge in [-0.05, 0) is 19.3 Å². The van der Waals surface area contributed by atoms with Gasteiger partial charge in [-0.2, -0.15) is 0 Å². The van der Waals surface area contributed by atoms with Gasteiger partial charge in [0, 0.05) is 33.3 Å². The first-order valence-corrected chi connectivity index (χ1v) is 7.55. The van der Waals surface area contributed by atoms with Crippen LogP contribution in [0.2, 0.25) is 0 Å². The summed E-state index contributed by atoms with van der Waals surface area (Å²) in [5.74, 6) is -0.0884. The Labute approximate surface area is 120 Å². The molecule has 0 aromatic heterocycles. The number of hydrogen-bond donors (Lipinski definition) is 1. The first kappa shape index (κ1) is 15.1. The van der Waals surface area contributed by atoms with E-state index >= 15 is 0 Å². The highest BCUT2D eigenvalue weighted by molar-refractivity contribution is 5.84. The molecular formula is C14H25N3O3. The van der Waals surface area contributed by atoms with E-state index in [9.17, 15) is 9.59 Å². The number of likely N-dealkylation sites (N-methyl/N-ethyl adjacent to an activating group) is 1. The minimum absolute atomic E-state index is 0.0651. The van der Waals surface area contributed by atoms with Crippen molar-refractivity contribution in [3.63, 3.8) is 0 Å². The summed E-state index contributed by atoms with van der Waals surface area (Å²) in [5, 5.41) is 2.84. The van der Waals surface area contributed by atoms with Gasteiger partial charge >= 0.3 is 6.03 Å². The SMILES string of the molecule is CN1CCN(CC(=O)NCCCOC2CCCC2)C1=O. The van der Waals surface area contributed by atoms with Gasteiger partial charge < -0.3 is 19.9 Å². The number of rotatable bonds is 7. The number of ether oxygens (including phenoxy) is 1. The molecular weight excluding hydrogens is 258 g/mol. The first-order valence-electron chi connectivity index (χ1n) is 7.55. The zero-order valence-corrected chi connectivity index (χ0v) is 12.3. The van der Waals surface area contributed by atoms with Crippen molar-refractivity contribution >= 4 is 11.9 Å². The third-order valence-electron chi connectivity index (χ3n) is 3.94. The molecule has 20 heavy (non-hydrogen) atoms.